The molecular weight excluding hydrogens is 234 g/mol. The zero-order chi connectivity index (χ0) is 12.5. The second kappa shape index (κ2) is 8.25. The minimum Gasteiger partial charge on any atom is -0.496 e. The summed E-state index contributed by atoms with van der Waals surface area (Å²) in [6, 6.07) is 5.76. The van der Waals surface area contributed by atoms with Gasteiger partial charge in [0.2, 0.25) is 0 Å². The van der Waals surface area contributed by atoms with Gasteiger partial charge >= 0.3 is 0 Å². The average Bonchev–Trinajstić information content (AvgIpc) is 2.35. The molecule has 0 aromatic heterocycles. The van der Waals surface area contributed by atoms with Crippen LogP contribution in [0.5, 0.6) is 5.75 Å². The summed E-state index contributed by atoms with van der Waals surface area (Å²) >= 11 is 1.80. The van der Waals surface area contributed by atoms with Crippen LogP contribution in [0.15, 0.2) is 23.1 Å². The number of unbranched alkanes of at least 4 members (excludes halogenated alkanes) is 3. The number of anilines is 1. The first-order valence-electron chi connectivity index (χ1n) is 5.95. The molecule has 96 valence electrons. The van der Waals surface area contributed by atoms with E-state index in [0.717, 1.165) is 41.3 Å². The minimum absolute atomic E-state index is 0.304. The van der Waals surface area contributed by atoms with E-state index in [2.05, 4.69) is 0 Å². The van der Waals surface area contributed by atoms with E-state index in [4.69, 9.17) is 15.6 Å². The summed E-state index contributed by atoms with van der Waals surface area (Å²) in [5, 5.41) is 8.66. The lowest BCUT2D eigenvalue weighted by molar-refractivity contribution is 0.283. The van der Waals surface area contributed by atoms with Crippen LogP contribution in [0.4, 0.5) is 5.69 Å². The molecule has 0 fully saturated rings. The molecular formula is C13H21NO2S. The van der Waals surface area contributed by atoms with Crippen molar-refractivity contribution in [1.82, 2.24) is 0 Å². The molecule has 0 unspecified atom stereocenters. The summed E-state index contributed by atoms with van der Waals surface area (Å²) in [4.78, 5) is 1.14. The Kier molecular flexibility index (Phi) is 6.89. The number of methoxy groups -OCH3 is 1. The summed E-state index contributed by atoms with van der Waals surface area (Å²) in [6.45, 7) is 0.304. The number of hydrogen-bond acceptors (Lipinski definition) is 4. The van der Waals surface area contributed by atoms with E-state index in [-0.39, 0.29) is 0 Å². The Balaban J connectivity index is 2.31. The third kappa shape index (κ3) is 5.33. The molecule has 0 radical (unpaired) electrons. The largest absolute Gasteiger partial charge is 0.496 e. The molecule has 3 nitrogen and oxygen atoms in total. The number of ether oxygens (including phenoxy) is 1. The first kappa shape index (κ1) is 14.2. The zero-order valence-electron chi connectivity index (χ0n) is 10.3. The highest BCUT2D eigenvalue weighted by atomic mass is 32.2. The van der Waals surface area contributed by atoms with E-state index in [1.54, 1.807) is 18.9 Å². The molecule has 0 heterocycles. The molecule has 0 aliphatic carbocycles. The van der Waals surface area contributed by atoms with Crippen molar-refractivity contribution in [1.29, 1.82) is 0 Å². The van der Waals surface area contributed by atoms with E-state index in [1.165, 1.54) is 6.42 Å². The van der Waals surface area contributed by atoms with Crippen LogP contribution in [0.2, 0.25) is 0 Å². The number of thioether (sulfide) groups is 1. The molecule has 1 aromatic carbocycles. The van der Waals surface area contributed by atoms with E-state index >= 15 is 0 Å². The van der Waals surface area contributed by atoms with Crippen LogP contribution in [0.25, 0.3) is 0 Å². The molecule has 0 spiro atoms. The second-order valence-electron chi connectivity index (χ2n) is 3.90. The maximum absolute atomic E-state index is 8.66. The van der Waals surface area contributed by atoms with Gasteiger partial charge in [-0.2, -0.15) is 0 Å². The number of rotatable bonds is 8. The molecule has 3 N–H and O–H groups in total. The molecule has 0 atom stereocenters. The normalized spacial score (nSPS) is 10.5. The molecule has 0 aliphatic rings. The average molecular weight is 255 g/mol. The fourth-order valence-electron chi connectivity index (χ4n) is 1.55. The van der Waals surface area contributed by atoms with Crippen LogP contribution in [-0.2, 0) is 0 Å². The zero-order valence-corrected chi connectivity index (χ0v) is 11.1. The van der Waals surface area contributed by atoms with Crippen molar-refractivity contribution in [3.8, 4) is 5.75 Å². The lowest BCUT2D eigenvalue weighted by atomic mass is 10.2. The number of nitrogens with two attached hydrogens (primary N) is 1. The van der Waals surface area contributed by atoms with Gasteiger partial charge in [0.25, 0.3) is 0 Å². The van der Waals surface area contributed by atoms with Gasteiger partial charge < -0.3 is 15.6 Å². The van der Waals surface area contributed by atoms with Crippen LogP contribution in [-0.4, -0.2) is 24.6 Å². The minimum atomic E-state index is 0.304. The second-order valence-corrected chi connectivity index (χ2v) is 5.03. The molecule has 0 amide bonds. The summed E-state index contributed by atoms with van der Waals surface area (Å²) in [7, 11) is 1.67. The van der Waals surface area contributed by atoms with Crippen LogP contribution in [0.3, 0.4) is 0 Å². The number of benzene rings is 1. The van der Waals surface area contributed by atoms with Gasteiger partial charge in [0.1, 0.15) is 5.75 Å². The standard InChI is InChI=1S/C13H21NO2S/c1-16-12-10-11(14)6-7-13(12)17-9-5-3-2-4-8-15/h6-7,10,15H,2-5,8-9,14H2,1H3. The number of hydrogen-bond donors (Lipinski definition) is 2. The van der Waals surface area contributed by atoms with Crippen LogP contribution >= 0.6 is 11.8 Å². The Morgan fingerprint density at radius 3 is 2.71 bits per heavy atom. The van der Waals surface area contributed by atoms with E-state index < -0.39 is 0 Å². The first-order chi connectivity index (χ1) is 8.27. The SMILES string of the molecule is COc1cc(N)ccc1SCCCCCCO. The van der Waals surface area contributed by atoms with Gasteiger partial charge in [0.15, 0.2) is 0 Å². The van der Waals surface area contributed by atoms with Crippen molar-refractivity contribution >= 4 is 17.4 Å². The maximum atomic E-state index is 8.66. The van der Waals surface area contributed by atoms with Gasteiger partial charge in [-0.3, -0.25) is 0 Å². The van der Waals surface area contributed by atoms with Crippen LogP contribution < -0.4 is 10.5 Å². The Bertz CT molecular complexity index is 331. The van der Waals surface area contributed by atoms with Crippen molar-refractivity contribution in [2.45, 2.75) is 30.6 Å². The van der Waals surface area contributed by atoms with Crippen molar-refractivity contribution in [3.63, 3.8) is 0 Å². The fraction of sp³-hybridized carbons (Fsp3) is 0.538. The van der Waals surface area contributed by atoms with Gasteiger partial charge in [-0.1, -0.05) is 12.8 Å². The molecule has 0 saturated carbocycles. The topological polar surface area (TPSA) is 55.5 Å². The number of aliphatic hydroxyl groups is 1. The van der Waals surface area contributed by atoms with Crippen molar-refractivity contribution in [2.75, 3.05) is 25.2 Å². The van der Waals surface area contributed by atoms with Crippen LogP contribution in [0.1, 0.15) is 25.7 Å². The quantitative estimate of drug-likeness (QED) is 0.426. The van der Waals surface area contributed by atoms with E-state index in [0.29, 0.717) is 6.61 Å². The van der Waals surface area contributed by atoms with Gasteiger partial charge in [0, 0.05) is 23.3 Å². The predicted molar refractivity (Wildman–Crippen MR) is 73.7 cm³/mol. The number of nitrogen functional groups attached to an aromatic ring is 1. The third-order valence-electron chi connectivity index (χ3n) is 2.50. The highest BCUT2D eigenvalue weighted by Gasteiger charge is 2.03. The lowest BCUT2D eigenvalue weighted by Gasteiger charge is -2.08. The summed E-state index contributed by atoms with van der Waals surface area (Å²) in [5.74, 6) is 1.93. The summed E-state index contributed by atoms with van der Waals surface area (Å²) in [5.41, 5.74) is 6.43. The molecule has 0 aliphatic heterocycles. The van der Waals surface area contributed by atoms with Crippen molar-refractivity contribution < 1.29 is 9.84 Å². The lowest BCUT2D eigenvalue weighted by Crippen LogP contribution is -1.91. The molecule has 0 bridgehead atoms. The first-order valence-corrected chi connectivity index (χ1v) is 6.93. The van der Waals surface area contributed by atoms with Crippen molar-refractivity contribution in [2.24, 2.45) is 0 Å². The highest BCUT2D eigenvalue weighted by Crippen LogP contribution is 2.31. The van der Waals surface area contributed by atoms with Gasteiger partial charge in [-0.25, -0.2) is 0 Å². The highest BCUT2D eigenvalue weighted by molar-refractivity contribution is 7.99. The molecule has 1 aromatic rings. The van der Waals surface area contributed by atoms with Crippen LogP contribution in [0, 0.1) is 0 Å². The molecule has 1 rings (SSSR count). The molecule has 17 heavy (non-hydrogen) atoms. The van der Waals surface area contributed by atoms with Gasteiger partial charge in [0.05, 0.1) is 7.11 Å². The Hall–Kier alpha value is -0.870. The van der Waals surface area contributed by atoms with Crippen molar-refractivity contribution in [3.05, 3.63) is 18.2 Å². The Morgan fingerprint density at radius 2 is 2.00 bits per heavy atom. The Morgan fingerprint density at radius 1 is 1.24 bits per heavy atom. The smallest absolute Gasteiger partial charge is 0.134 e. The fourth-order valence-corrected chi connectivity index (χ4v) is 2.57. The monoisotopic (exact) mass is 255 g/mol. The summed E-state index contributed by atoms with van der Waals surface area (Å²) < 4.78 is 5.29. The maximum Gasteiger partial charge on any atom is 0.134 e. The number of aliphatic hydroxyl groups excluding tert-OH is 1. The van der Waals surface area contributed by atoms with E-state index in [1.807, 2.05) is 18.2 Å². The van der Waals surface area contributed by atoms with E-state index in [9.17, 15) is 0 Å². The van der Waals surface area contributed by atoms with Gasteiger partial charge in [-0.15, -0.1) is 11.8 Å². The molecule has 4 heteroatoms. The van der Waals surface area contributed by atoms with Gasteiger partial charge in [-0.05, 0) is 30.7 Å². The third-order valence-corrected chi connectivity index (χ3v) is 3.64. The summed E-state index contributed by atoms with van der Waals surface area (Å²) in [6.07, 6.45) is 4.36. The Labute approximate surface area is 107 Å². The predicted octanol–water partition coefficient (Wildman–Crippen LogP) is 2.92. The molecule has 0 saturated heterocycles.